The average Bonchev–Trinajstić information content (AvgIpc) is 3.10. The predicted octanol–water partition coefficient (Wildman–Crippen LogP) is 2.55. The van der Waals surface area contributed by atoms with Crippen LogP contribution in [0.4, 0.5) is 0 Å². The summed E-state index contributed by atoms with van der Waals surface area (Å²) in [6, 6.07) is 0. The Morgan fingerprint density at radius 2 is 2.04 bits per heavy atom. The molecule has 3 heterocycles. The largest absolute Gasteiger partial charge is 0.458 e. The smallest absolute Gasteiger partial charge is 0.334 e. The number of carbonyl (C=O) groups is 2. The molecule has 0 amide bonds. The third-order valence-corrected chi connectivity index (χ3v) is 7.82. The fourth-order valence-corrected chi connectivity index (χ4v) is 6.38. The van der Waals surface area contributed by atoms with Gasteiger partial charge in [0, 0.05) is 22.6 Å². The minimum absolute atomic E-state index is 0.0405. The molecule has 0 spiro atoms. The summed E-state index contributed by atoms with van der Waals surface area (Å²) in [5.41, 5.74) is 1.56. The molecule has 2 saturated heterocycles. The number of hydrogen-bond acceptors (Lipinski definition) is 5. The number of fused-ring (bicyclic) bond motifs is 4. The van der Waals surface area contributed by atoms with Gasteiger partial charge in [-0.25, -0.2) is 9.59 Å². The van der Waals surface area contributed by atoms with Crippen molar-refractivity contribution in [1.29, 1.82) is 0 Å². The molecule has 5 nitrogen and oxygen atoms in total. The van der Waals surface area contributed by atoms with Crippen LogP contribution in [-0.4, -0.2) is 36.9 Å². The molecule has 0 aromatic heterocycles. The summed E-state index contributed by atoms with van der Waals surface area (Å²) in [5, 5.41) is 0. The second-order valence-electron chi connectivity index (χ2n) is 8.77. The van der Waals surface area contributed by atoms with Gasteiger partial charge in [-0.05, 0) is 36.5 Å². The first-order chi connectivity index (χ1) is 11.9. The number of ether oxygens (including phenoxy) is 3. The summed E-state index contributed by atoms with van der Waals surface area (Å²) in [6.07, 6.45) is 6.01. The molecule has 1 saturated carbocycles. The molecule has 25 heavy (non-hydrogen) atoms. The number of carbonyl (C=O) groups excluding carboxylic acids is 2. The number of esters is 2. The van der Waals surface area contributed by atoms with Crippen molar-refractivity contribution < 1.29 is 23.8 Å². The van der Waals surface area contributed by atoms with E-state index < -0.39 is 0 Å². The lowest BCUT2D eigenvalue weighted by Gasteiger charge is -2.63. The summed E-state index contributed by atoms with van der Waals surface area (Å²) in [7, 11) is 0. The lowest BCUT2D eigenvalue weighted by atomic mass is 9.44. The summed E-state index contributed by atoms with van der Waals surface area (Å²) >= 11 is 0. The van der Waals surface area contributed by atoms with Crippen molar-refractivity contribution in [3.8, 4) is 0 Å². The molecule has 134 valence electrons. The molecule has 0 radical (unpaired) electrons. The highest BCUT2D eigenvalue weighted by Gasteiger charge is 2.70. The SMILES string of the molecule is CC1C2OC(C3=CC(=O)OC3)CC1(C)C1CCC=C3C(=O)OC2C31C. The molecule has 5 heteroatoms. The molecule has 0 N–H and O–H groups in total. The summed E-state index contributed by atoms with van der Waals surface area (Å²) in [6.45, 7) is 7.09. The Morgan fingerprint density at radius 3 is 2.76 bits per heavy atom. The summed E-state index contributed by atoms with van der Waals surface area (Å²) in [4.78, 5) is 24.0. The van der Waals surface area contributed by atoms with Gasteiger partial charge in [0.1, 0.15) is 12.7 Å². The molecule has 7 unspecified atom stereocenters. The maximum Gasteiger partial charge on any atom is 0.334 e. The van der Waals surface area contributed by atoms with E-state index in [1.807, 2.05) is 0 Å². The normalized spacial score (nSPS) is 50.6. The van der Waals surface area contributed by atoms with E-state index in [4.69, 9.17) is 14.2 Å². The first-order valence-electron chi connectivity index (χ1n) is 9.30. The van der Waals surface area contributed by atoms with E-state index >= 15 is 0 Å². The average molecular weight is 344 g/mol. The monoisotopic (exact) mass is 344 g/mol. The lowest BCUT2D eigenvalue weighted by Crippen LogP contribution is -2.66. The molecule has 0 aromatic rings. The van der Waals surface area contributed by atoms with Crippen LogP contribution < -0.4 is 0 Å². The fourth-order valence-electron chi connectivity index (χ4n) is 6.38. The highest BCUT2D eigenvalue weighted by molar-refractivity contribution is 5.93. The van der Waals surface area contributed by atoms with E-state index in [0.29, 0.717) is 18.4 Å². The Hall–Kier alpha value is -1.62. The Morgan fingerprint density at radius 1 is 1.24 bits per heavy atom. The zero-order valence-corrected chi connectivity index (χ0v) is 14.9. The maximum atomic E-state index is 12.5. The van der Waals surface area contributed by atoms with Crippen molar-refractivity contribution in [2.75, 3.05) is 6.61 Å². The van der Waals surface area contributed by atoms with Crippen LogP contribution in [0.3, 0.4) is 0 Å². The van der Waals surface area contributed by atoms with Crippen LogP contribution >= 0.6 is 0 Å². The first kappa shape index (κ1) is 15.6. The van der Waals surface area contributed by atoms with Crippen molar-refractivity contribution in [3.05, 3.63) is 23.3 Å². The third-order valence-electron chi connectivity index (χ3n) is 7.82. The molecule has 7 atom stereocenters. The zero-order chi connectivity index (χ0) is 17.6. The Bertz CT molecular complexity index is 736. The van der Waals surface area contributed by atoms with Crippen LogP contribution in [0.5, 0.6) is 0 Å². The van der Waals surface area contributed by atoms with Gasteiger partial charge in [0.2, 0.25) is 0 Å². The van der Waals surface area contributed by atoms with Gasteiger partial charge in [0.25, 0.3) is 0 Å². The van der Waals surface area contributed by atoms with Gasteiger partial charge in [0.05, 0.1) is 12.2 Å². The van der Waals surface area contributed by atoms with Crippen LogP contribution in [0.25, 0.3) is 0 Å². The first-order valence-corrected chi connectivity index (χ1v) is 9.30. The molecule has 0 aromatic carbocycles. The second-order valence-corrected chi connectivity index (χ2v) is 8.77. The third kappa shape index (κ3) is 1.77. The van der Waals surface area contributed by atoms with E-state index in [1.54, 1.807) is 6.08 Å². The van der Waals surface area contributed by atoms with Gasteiger partial charge < -0.3 is 14.2 Å². The van der Waals surface area contributed by atoms with E-state index in [2.05, 4.69) is 26.8 Å². The van der Waals surface area contributed by atoms with Crippen molar-refractivity contribution in [1.82, 2.24) is 0 Å². The van der Waals surface area contributed by atoms with Gasteiger partial charge >= 0.3 is 11.9 Å². The van der Waals surface area contributed by atoms with Gasteiger partial charge in [-0.1, -0.05) is 26.8 Å². The van der Waals surface area contributed by atoms with Crippen LogP contribution in [0.15, 0.2) is 23.3 Å². The quantitative estimate of drug-likeness (QED) is 0.684. The van der Waals surface area contributed by atoms with E-state index in [-0.39, 0.29) is 41.1 Å². The Kier molecular flexibility index (Phi) is 2.97. The molecular formula is C20H24O5. The molecule has 2 aliphatic carbocycles. The van der Waals surface area contributed by atoms with Gasteiger partial charge in [-0.2, -0.15) is 0 Å². The highest BCUT2D eigenvalue weighted by Crippen LogP contribution is 2.67. The van der Waals surface area contributed by atoms with Gasteiger partial charge in [-0.15, -0.1) is 0 Å². The number of cyclic esters (lactones) is 1. The van der Waals surface area contributed by atoms with Crippen LogP contribution in [0.2, 0.25) is 0 Å². The zero-order valence-electron chi connectivity index (χ0n) is 14.9. The van der Waals surface area contributed by atoms with Crippen molar-refractivity contribution in [2.24, 2.45) is 22.7 Å². The molecular weight excluding hydrogens is 320 g/mol. The molecule has 5 aliphatic rings. The number of allylic oxidation sites excluding steroid dienone is 1. The molecule has 2 bridgehead atoms. The van der Waals surface area contributed by atoms with Crippen molar-refractivity contribution in [3.63, 3.8) is 0 Å². The van der Waals surface area contributed by atoms with Crippen molar-refractivity contribution in [2.45, 2.75) is 58.3 Å². The molecule has 3 aliphatic heterocycles. The summed E-state index contributed by atoms with van der Waals surface area (Å²) < 4.78 is 17.4. The van der Waals surface area contributed by atoms with E-state index in [1.165, 1.54) is 0 Å². The molecule has 3 fully saturated rings. The van der Waals surface area contributed by atoms with Crippen molar-refractivity contribution >= 4 is 11.9 Å². The number of hydrogen-bond donors (Lipinski definition) is 0. The minimum atomic E-state index is -0.285. The highest BCUT2D eigenvalue weighted by atomic mass is 16.6. The van der Waals surface area contributed by atoms with E-state index in [9.17, 15) is 9.59 Å². The molecule has 5 rings (SSSR count). The fraction of sp³-hybridized carbons (Fsp3) is 0.700. The number of rotatable bonds is 1. The predicted molar refractivity (Wildman–Crippen MR) is 88.4 cm³/mol. The summed E-state index contributed by atoms with van der Waals surface area (Å²) in [5.74, 6) is 0.232. The topological polar surface area (TPSA) is 61.8 Å². The lowest BCUT2D eigenvalue weighted by molar-refractivity contribution is -0.248. The van der Waals surface area contributed by atoms with Gasteiger partial charge in [-0.3, -0.25) is 0 Å². The van der Waals surface area contributed by atoms with Crippen LogP contribution in [0.1, 0.15) is 40.0 Å². The second kappa shape index (κ2) is 4.76. The standard InChI is InChI=1S/C20H24O5/c1-10-16-17-20(3)12(18(22)25-17)5-4-6-14(20)19(10,2)8-13(24-16)11-7-15(21)23-9-11/h5,7,10,13-14,16-17H,4,6,8-9H2,1-3H3. The van der Waals surface area contributed by atoms with E-state index in [0.717, 1.165) is 30.4 Å². The van der Waals surface area contributed by atoms with Gasteiger partial charge in [0.15, 0.2) is 0 Å². The maximum absolute atomic E-state index is 12.5. The Labute approximate surface area is 147 Å². The Balaban J connectivity index is 1.60. The van der Waals surface area contributed by atoms with Crippen LogP contribution in [0, 0.1) is 22.7 Å². The minimum Gasteiger partial charge on any atom is -0.458 e. The van der Waals surface area contributed by atoms with Crippen LogP contribution in [-0.2, 0) is 23.8 Å².